The van der Waals surface area contributed by atoms with Gasteiger partial charge in [0, 0.05) is 30.7 Å². The predicted molar refractivity (Wildman–Crippen MR) is 88.3 cm³/mol. The molecular weight excluding hydrogens is 294 g/mol. The number of fused-ring (bicyclic) bond motifs is 1. The molecule has 0 radical (unpaired) electrons. The number of carbonyl (C=O) groups is 1. The lowest BCUT2D eigenvalue weighted by Crippen LogP contribution is -2.39. The number of hydroxylamine groups is 1. The van der Waals surface area contributed by atoms with Crippen LogP contribution in [0.2, 0.25) is 0 Å². The van der Waals surface area contributed by atoms with Gasteiger partial charge in [-0.1, -0.05) is 6.07 Å². The van der Waals surface area contributed by atoms with E-state index >= 15 is 0 Å². The van der Waals surface area contributed by atoms with Gasteiger partial charge in [0.1, 0.15) is 0 Å². The molecule has 0 saturated carbocycles. The van der Waals surface area contributed by atoms with Gasteiger partial charge < -0.3 is 9.88 Å². The molecule has 1 aliphatic rings. The first kappa shape index (κ1) is 15.4. The average Bonchev–Trinajstić information content (AvgIpc) is 3.19. The van der Waals surface area contributed by atoms with Crippen molar-refractivity contribution in [3.63, 3.8) is 0 Å². The van der Waals surface area contributed by atoms with E-state index in [1.807, 2.05) is 19.2 Å². The van der Waals surface area contributed by atoms with Gasteiger partial charge in [0.25, 0.3) is 0 Å². The number of nitrogens with one attached hydrogen (secondary N) is 2. The fraction of sp³-hybridized carbons (Fsp3) is 0.375. The number of anilines is 2. The zero-order valence-electron chi connectivity index (χ0n) is 13.4. The third kappa shape index (κ3) is 3.14. The van der Waals surface area contributed by atoms with E-state index in [0.29, 0.717) is 6.54 Å². The summed E-state index contributed by atoms with van der Waals surface area (Å²) in [7, 11) is 1.43. The minimum atomic E-state index is -0.270. The molecule has 7 nitrogen and oxygen atoms in total. The highest BCUT2D eigenvalue weighted by atomic mass is 16.6. The van der Waals surface area contributed by atoms with E-state index in [-0.39, 0.29) is 6.03 Å². The summed E-state index contributed by atoms with van der Waals surface area (Å²) in [6.07, 6.45) is 4.54. The Hall–Kier alpha value is -2.54. The fourth-order valence-electron chi connectivity index (χ4n) is 2.93. The van der Waals surface area contributed by atoms with Gasteiger partial charge in [-0.25, -0.2) is 15.3 Å². The van der Waals surface area contributed by atoms with Gasteiger partial charge in [0.05, 0.1) is 25.7 Å². The molecule has 0 unspecified atom stereocenters. The van der Waals surface area contributed by atoms with Crippen molar-refractivity contribution in [3.8, 4) is 0 Å². The number of H-pyrrole nitrogens is 1. The minimum Gasteiger partial charge on any atom is -0.365 e. The van der Waals surface area contributed by atoms with Crippen molar-refractivity contribution in [2.24, 2.45) is 0 Å². The zero-order valence-corrected chi connectivity index (χ0v) is 13.4. The Bertz CT molecular complexity index is 671. The van der Waals surface area contributed by atoms with E-state index in [1.54, 1.807) is 11.2 Å². The molecule has 2 amide bonds. The Morgan fingerprint density at radius 1 is 1.52 bits per heavy atom. The van der Waals surface area contributed by atoms with Crippen LogP contribution in [0.4, 0.5) is 16.2 Å². The number of urea groups is 1. The largest absolute Gasteiger partial charge is 0.365 e. The number of benzene rings is 1. The first-order valence-corrected chi connectivity index (χ1v) is 7.68. The Morgan fingerprint density at radius 2 is 2.39 bits per heavy atom. The van der Waals surface area contributed by atoms with E-state index in [9.17, 15) is 4.79 Å². The molecule has 3 rings (SSSR count). The van der Waals surface area contributed by atoms with Gasteiger partial charge in [0.15, 0.2) is 0 Å². The average molecular weight is 315 g/mol. The lowest BCUT2D eigenvalue weighted by atomic mass is 10.1. The summed E-state index contributed by atoms with van der Waals surface area (Å²) in [4.78, 5) is 28.0. The number of amides is 2. The molecule has 0 atom stereocenters. The molecule has 122 valence electrons. The summed E-state index contributed by atoms with van der Waals surface area (Å²) < 4.78 is 0. The highest BCUT2D eigenvalue weighted by Gasteiger charge is 2.22. The zero-order chi connectivity index (χ0) is 16.2. The van der Waals surface area contributed by atoms with E-state index in [1.165, 1.54) is 18.4 Å². The number of aromatic nitrogens is 2. The van der Waals surface area contributed by atoms with E-state index < -0.39 is 0 Å². The smallest absolute Gasteiger partial charge is 0.345 e. The number of nitrogens with zero attached hydrogens (tertiary/aromatic N) is 3. The lowest BCUT2D eigenvalue weighted by Gasteiger charge is -2.24. The Labute approximate surface area is 135 Å². The summed E-state index contributed by atoms with van der Waals surface area (Å²) in [5.41, 5.74) is 6.78. The van der Waals surface area contributed by atoms with Gasteiger partial charge in [-0.05, 0) is 31.0 Å². The number of imidazole rings is 1. The first-order chi connectivity index (χ1) is 11.2. The maximum atomic E-state index is 12.1. The van der Waals surface area contributed by atoms with Crippen LogP contribution in [-0.4, -0.2) is 36.2 Å². The monoisotopic (exact) mass is 315 g/mol. The molecular formula is C16H21N5O2. The van der Waals surface area contributed by atoms with E-state index in [0.717, 1.165) is 30.9 Å². The molecule has 1 aliphatic heterocycles. The number of aromatic amines is 1. The molecule has 2 aromatic rings. The fourth-order valence-corrected chi connectivity index (χ4v) is 2.93. The Morgan fingerprint density at radius 3 is 3.09 bits per heavy atom. The summed E-state index contributed by atoms with van der Waals surface area (Å²) in [6.45, 7) is 4.25. The van der Waals surface area contributed by atoms with Gasteiger partial charge in [-0.15, -0.1) is 0 Å². The molecule has 23 heavy (non-hydrogen) atoms. The van der Waals surface area contributed by atoms with Crippen molar-refractivity contribution in [3.05, 3.63) is 42.0 Å². The van der Waals surface area contributed by atoms with Crippen LogP contribution in [-0.2, 0) is 17.8 Å². The number of rotatable bonds is 5. The molecule has 1 aromatic carbocycles. The molecule has 0 spiro atoms. The molecule has 0 aliphatic carbocycles. The summed E-state index contributed by atoms with van der Waals surface area (Å²) in [5.74, 6) is 0. The van der Waals surface area contributed by atoms with Gasteiger partial charge in [-0.2, -0.15) is 0 Å². The Kier molecular flexibility index (Phi) is 4.47. The minimum absolute atomic E-state index is 0.270. The third-order valence-electron chi connectivity index (χ3n) is 4.04. The van der Waals surface area contributed by atoms with Crippen molar-refractivity contribution >= 4 is 17.4 Å². The standard InChI is InChI=1S/C16H21N5O2/c1-3-21(16(22)19-23-2)14-5-4-12-6-7-20(15(12)8-14)10-13-9-17-11-18-13/h4-5,8-9,11H,3,6-7,10H2,1-2H3,(H,17,18)(H,19,22). The van der Waals surface area contributed by atoms with Crippen LogP contribution >= 0.6 is 0 Å². The molecule has 0 fully saturated rings. The lowest BCUT2D eigenvalue weighted by molar-refractivity contribution is 0.111. The molecule has 2 N–H and O–H groups in total. The van der Waals surface area contributed by atoms with Crippen molar-refractivity contribution in [1.82, 2.24) is 15.4 Å². The van der Waals surface area contributed by atoms with Gasteiger partial charge in [-0.3, -0.25) is 9.74 Å². The summed E-state index contributed by atoms with van der Waals surface area (Å²) in [5, 5.41) is 0. The van der Waals surface area contributed by atoms with Crippen molar-refractivity contribution in [2.45, 2.75) is 19.9 Å². The van der Waals surface area contributed by atoms with Crippen LogP contribution in [0.25, 0.3) is 0 Å². The summed E-state index contributed by atoms with van der Waals surface area (Å²) in [6, 6.07) is 5.88. The highest BCUT2D eigenvalue weighted by Crippen LogP contribution is 2.33. The quantitative estimate of drug-likeness (QED) is 0.829. The topological polar surface area (TPSA) is 73.5 Å². The highest BCUT2D eigenvalue weighted by molar-refractivity contribution is 5.92. The Balaban J connectivity index is 1.84. The SMILES string of the molecule is CCN(C(=O)NOC)c1ccc2c(c1)N(Cc1cnc[nH]1)CC2. The third-order valence-corrected chi connectivity index (χ3v) is 4.04. The normalized spacial score (nSPS) is 13.0. The second-order valence-electron chi connectivity index (χ2n) is 5.42. The van der Waals surface area contributed by atoms with E-state index in [2.05, 4.69) is 32.5 Å². The van der Waals surface area contributed by atoms with E-state index in [4.69, 9.17) is 4.84 Å². The van der Waals surface area contributed by atoms with Crippen LogP contribution in [0.5, 0.6) is 0 Å². The molecule has 7 heteroatoms. The van der Waals surface area contributed by atoms with Crippen molar-refractivity contribution in [1.29, 1.82) is 0 Å². The van der Waals surface area contributed by atoms with Crippen LogP contribution in [0, 0.1) is 0 Å². The number of carbonyl (C=O) groups excluding carboxylic acids is 1. The van der Waals surface area contributed by atoms with Crippen LogP contribution < -0.4 is 15.3 Å². The summed E-state index contributed by atoms with van der Waals surface area (Å²) >= 11 is 0. The second kappa shape index (κ2) is 6.70. The molecule has 1 aromatic heterocycles. The number of hydrogen-bond acceptors (Lipinski definition) is 4. The van der Waals surface area contributed by atoms with Crippen LogP contribution in [0.1, 0.15) is 18.2 Å². The second-order valence-corrected chi connectivity index (χ2v) is 5.42. The van der Waals surface area contributed by atoms with Crippen LogP contribution in [0.15, 0.2) is 30.7 Å². The van der Waals surface area contributed by atoms with Crippen LogP contribution in [0.3, 0.4) is 0 Å². The predicted octanol–water partition coefficient (Wildman–Crippen LogP) is 2.07. The van der Waals surface area contributed by atoms with Gasteiger partial charge in [0.2, 0.25) is 0 Å². The number of hydrogen-bond donors (Lipinski definition) is 2. The molecule has 0 saturated heterocycles. The molecule has 0 bridgehead atoms. The maximum Gasteiger partial charge on any atom is 0.345 e. The first-order valence-electron chi connectivity index (χ1n) is 7.68. The maximum absolute atomic E-state index is 12.1. The van der Waals surface area contributed by atoms with Crippen molar-refractivity contribution in [2.75, 3.05) is 30.0 Å². The molecule has 2 heterocycles. The van der Waals surface area contributed by atoms with Gasteiger partial charge >= 0.3 is 6.03 Å². The van der Waals surface area contributed by atoms with Crippen molar-refractivity contribution < 1.29 is 9.63 Å².